The van der Waals surface area contributed by atoms with E-state index in [0.29, 0.717) is 0 Å². The van der Waals surface area contributed by atoms with Crippen LogP contribution in [0.25, 0.3) is 11.0 Å². The molecular formula is C11H13ClN2O. The van der Waals surface area contributed by atoms with Crippen molar-refractivity contribution in [3.63, 3.8) is 0 Å². The SMILES string of the molecule is CC(Cl)C(O)c1ccc2c(c1)ncn2C. The Balaban J connectivity index is 2.47. The summed E-state index contributed by atoms with van der Waals surface area (Å²) >= 11 is 5.84. The van der Waals surface area contributed by atoms with Gasteiger partial charge in [0.05, 0.1) is 28.8 Å². The Morgan fingerprint density at radius 1 is 1.47 bits per heavy atom. The number of benzene rings is 1. The molecule has 15 heavy (non-hydrogen) atoms. The number of aliphatic hydroxyl groups excluding tert-OH is 1. The van der Waals surface area contributed by atoms with Gasteiger partial charge in [0.25, 0.3) is 0 Å². The highest BCUT2D eigenvalue weighted by Gasteiger charge is 2.14. The van der Waals surface area contributed by atoms with Gasteiger partial charge in [0.15, 0.2) is 0 Å². The van der Waals surface area contributed by atoms with E-state index < -0.39 is 6.10 Å². The van der Waals surface area contributed by atoms with Crippen LogP contribution in [0.1, 0.15) is 18.6 Å². The van der Waals surface area contributed by atoms with Crippen LogP contribution in [0.5, 0.6) is 0 Å². The quantitative estimate of drug-likeness (QED) is 0.795. The smallest absolute Gasteiger partial charge is 0.0955 e. The monoisotopic (exact) mass is 224 g/mol. The van der Waals surface area contributed by atoms with Gasteiger partial charge in [-0.2, -0.15) is 0 Å². The first-order valence-corrected chi connectivity index (χ1v) is 5.26. The number of aromatic nitrogens is 2. The number of hydrogen-bond acceptors (Lipinski definition) is 2. The largest absolute Gasteiger partial charge is 0.387 e. The van der Waals surface area contributed by atoms with E-state index in [4.69, 9.17) is 11.6 Å². The lowest BCUT2D eigenvalue weighted by molar-refractivity contribution is 0.177. The number of fused-ring (bicyclic) bond motifs is 1. The van der Waals surface area contributed by atoms with Crippen LogP contribution in [0.2, 0.25) is 0 Å². The fourth-order valence-corrected chi connectivity index (χ4v) is 1.75. The van der Waals surface area contributed by atoms with Gasteiger partial charge >= 0.3 is 0 Å². The van der Waals surface area contributed by atoms with Gasteiger partial charge in [0.1, 0.15) is 0 Å². The molecule has 2 atom stereocenters. The molecule has 1 heterocycles. The van der Waals surface area contributed by atoms with Crippen molar-refractivity contribution in [2.45, 2.75) is 18.4 Å². The first-order chi connectivity index (χ1) is 7.09. The van der Waals surface area contributed by atoms with Crippen LogP contribution in [0, 0.1) is 0 Å². The Morgan fingerprint density at radius 2 is 2.20 bits per heavy atom. The summed E-state index contributed by atoms with van der Waals surface area (Å²) < 4.78 is 1.94. The van der Waals surface area contributed by atoms with Gasteiger partial charge in [-0.05, 0) is 24.6 Å². The Kier molecular flexibility index (Phi) is 2.67. The predicted octanol–water partition coefficient (Wildman–Crippen LogP) is 2.23. The summed E-state index contributed by atoms with van der Waals surface area (Å²) in [6.07, 6.45) is 1.11. The number of alkyl halides is 1. The molecule has 2 unspecified atom stereocenters. The number of aliphatic hydroxyl groups is 1. The Labute approximate surface area is 93.3 Å². The van der Waals surface area contributed by atoms with Gasteiger partial charge in [0.2, 0.25) is 0 Å². The molecule has 1 aromatic carbocycles. The average Bonchev–Trinajstić information content (AvgIpc) is 2.59. The van der Waals surface area contributed by atoms with Crippen molar-refractivity contribution in [1.82, 2.24) is 9.55 Å². The molecule has 0 spiro atoms. The van der Waals surface area contributed by atoms with E-state index in [9.17, 15) is 5.11 Å². The van der Waals surface area contributed by atoms with Crippen LogP contribution in [0.4, 0.5) is 0 Å². The summed E-state index contributed by atoms with van der Waals surface area (Å²) in [7, 11) is 1.94. The first kappa shape index (κ1) is 10.5. The maximum atomic E-state index is 9.80. The number of imidazole rings is 1. The van der Waals surface area contributed by atoms with Crippen LogP contribution < -0.4 is 0 Å². The van der Waals surface area contributed by atoms with Crippen molar-refractivity contribution >= 4 is 22.6 Å². The van der Waals surface area contributed by atoms with Gasteiger partial charge in [-0.15, -0.1) is 11.6 Å². The number of rotatable bonds is 2. The molecule has 0 bridgehead atoms. The Morgan fingerprint density at radius 3 is 2.87 bits per heavy atom. The van der Waals surface area contributed by atoms with E-state index in [-0.39, 0.29) is 5.38 Å². The number of nitrogens with zero attached hydrogens (tertiary/aromatic N) is 2. The lowest BCUT2D eigenvalue weighted by atomic mass is 10.1. The number of hydrogen-bond donors (Lipinski definition) is 1. The number of aryl methyl sites for hydroxylation is 1. The third-order valence-corrected chi connectivity index (χ3v) is 2.76. The molecule has 0 aliphatic carbocycles. The highest BCUT2D eigenvalue weighted by molar-refractivity contribution is 6.20. The van der Waals surface area contributed by atoms with Crippen LogP contribution in [0.15, 0.2) is 24.5 Å². The molecule has 4 heteroatoms. The van der Waals surface area contributed by atoms with Crippen molar-refractivity contribution in [1.29, 1.82) is 0 Å². The minimum atomic E-state index is -0.641. The second-order valence-corrected chi connectivity index (χ2v) is 4.41. The molecule has 2 rings (SSSR count). The highest BCUT2D eigenvalue weighted by Crippen LogP contribution is 2.23. The third-order valence-electron chi connectivity index (χ3n) is 2.53. The standard InChI is InChI=1S/C11H13ClN2O/c1-7(12)11(15)8-3-4-10-9(5-8)13-6-14(10)2/h3-7,11,15H,1-2H3. The zero-order valence-corrected chi connectivity index (χ0v) is 9.44. The average molecular weight is 225 g/mol. The minimum absolute atomic E-state index is 0.300. The summed E-state index contributed by atoms with van der Waals surface area (Å²) in [6.45, 7) is 1.77. The second kappa shape index (κ2) is 3.83. The molecular weight excluding hydrogens is 212 g/mol. The molecule has 0 saturated heterocycles. The number of halogens is 1. The van der Waals surface area contributed by atoms with E-state index >= 15 is 0 Å². The van der Waals surface area contributed by atoms with Crippen molar-refractivity contribution in [3.8, 4) is 0 Å². The van der Waals surface area contributed by atoms with Crippen molar-refractivity contribution in [2.24, 2.45) is 7.05 Å². The molecule has 0 saturated carbocycles. The maximum Gasteiger partial charge on any atom is 0.0955 e. The summed E-state index contributed by atoms with van der Waals surface area (Å²) in [5, 5.41) is 9.50. The molecule has 3 nitrogen and oxygen atoms in total. The summed E-state index contributed by atoms with van der Waals surface area (Å²) in [5.74, 6) is 0. The summed E-state index contributed by atoms with van der Waals surface area (Å²) in [5.41, 5.74) is 2.74. The van der Waals surface area contributed by atoms with Crippen LogP contribution in [-0.2, 0) is 7.05 Å². The zero-order valence-electron chi connectivity index (χ0n) is 8.68. The Hall–Kier alpha value is -1.06. The van der Waals surface area contributed by atoms with Crippen molar-refractivity contribution in [2.75, 3.05) is 0 Å². The van der Waals surface area contributed by atoms with Gasteiger partial charge in [-0.25, -0.2) is 4.98 Å². The van der Waals surface area contributed by atoms with Gasteiger partial charge in [-0.3, -0.25) is 0 Å². The minimum Gasteiger partial charge on any atom is -0.387 e. The second-order valence-electron chi connectivity index (χ2n) is 3.73. The van der Waals surface area contributed by atoms with Crippen LogP contribution in [-0.4, -0.2) is 20.0 Å². The van der Waals surface area contributed by atoms with Gasteiger partial charge < -0.3 is 9.67 Å². The summed E-state index contributed by atoms with van der Waals surface area (Å²) in [6, 6.07) is 5.70. The first-order valence-electron chi connectivity index (χ1n) is 4.82. The highest BCUT2D eigenvalue weighted by atomic mass is 35.5. The van der Waals surface area contributed by atoms with Crippen LogP contribution in [0.3, 0.4) is 0 Å². The molecule has 0 fully saturated rings. The topological polar surface area (TPSA) is 38.1 Å². The van der Waals surface area contributed by atoms with Crippen molar-refractivity contribution < 1.29 is 5.11 Å². The lowest BCUT2D eigenvalue weighted by Gasteiger charge is -2.12. The zero-order chi connectivity index (χ0) is 11.0. The molecule has 0 amide bonds. The van der Waals surface area contributed by atoms with E-state index in [1.807, 2.05) is 29.8 Å². The molecule has 1 aromatic heterocycles. The fraction of sp³-hybridized carbons (Fsp3) is 0.364. The third kappa shape index (κ3) is 1.85. The Bertz CT molecular complexity index is 478. The van der Waals surface area contributed by atoms with Gasteiger partial charge in [0, 0.05) is 7.05 Å². The van der Waals surface area contributed by atoms with E-state index in [1.54, 1.807) is 13.3 Å². The molecule has 2 aromatic rings. The van der Waals surface area contributed by atoms with Crippen molar-refractivity contribution in [3.05, 3.63) is 30.1 Å². The van der Waals surface area contributed by atoms with E-state index in [0.717, 1.165) is 16.6 Å². The molecule has 80 valence electrons. The normalized spacial score (nSPS) is 15.5. The lowest BCUT2D eigenvalue weighted by Crippen LogP contribution is -2.07. The molecule has 0 aliphatic rings. The van der Waals surface area contributed by atoms with Crippen LogP contribution >= 0.6 is 11.6 Å². The van der Waals surface area contributed by atoms with E-state index in [1.165, 1.54) is 0 Å². The summed E-state index contributed by atoms with van der Waals surface area (Å²) in [4.78, 5) is 4.23. The molecule has 0 radical (unpaired) electrons. The predicted molar refractivity (Wildman–Crippen MR) is 61.0 cm³/mol. The van der Waals surface area contributed by atoms with Gasteiger partial charge in [-0.1, -0.05) is 6.07 Å². The fourth-order valence-electron chi connectivity index (χ4n) is 1.60. The van der Waals surface area contributed by atoms with E-state index in [2.05, 4.69) is 4.98 Å². The molecule has 1 N–H and O–H groups in total. The molecule has 0 aliphatic heterocycles. The maximum absolute atomic E-state index is 9.80.